The van der Waals surface area contributed by atoms with Crippen molar-refractivity contribution < 1.29 is 18.7 Å². The molecule has 0 aliphatic heterocycles. The smallest absolute Gasteiger partial charge is 0.273 e. The second-order valence-corrected chi connectivity index (χ2v) is 7.05. The molecule has 2 amide bonds. The summed E-state index contributed by atoms with van der Waals surface area (Å²) in [6.45, 7) is 7.51. The van der Waals surface area contributed by atoms with Crippen LogP contribution in [0.15, 0.2) is 34.9 Å². The first-order valence-corrected chi connectivity index (χ1v) is 9.07. The Kier molecular flexibility index (Phi) is 7.24. The van der Waals surface area contributed by atoms with Crippen LogP contribution in [0.2, 0.25) is 5.02 Å². The summed E-state index contributed by atoms with van der Waals surface area (Å²) in [6.07, 6.45) is 1.29. The Morgan fingerprint density at radius 2 is 1.89 bits per heavy atom. The number of carbonyl (C=O) groups excluding carboxylic acids is 2. The molecular weight excluding hydrogens is 370 g/mol. The van der Waals surface area contributed by atoms with Crippen LogP contribution in [0.1, 0.15) is 44.1 Å². The SMILES string of the molecule is CC(C)NC(=O)c1coc(CN(C(=O)COc2ccc(Cl)cc2)C(C)C)n1. The van der Waals surface area contributed by atoms with Gasteiger partial charge in [0.05, 0.1) is 6.54 Å². The normalized spacial score (nSPS) is 10.9. The molecule has 0 bridgehead atoms. The molecule has 0 unspecified atom stereocenters. The lowest BCUT2D eigenvalue weighted by Gasteiger charge is -2.25. The first-order valence-electron chi connectivity index (χ1n) is 8.69. The maximum atomic E-state index is 12.5. The van der Waals surface area contributed by atoms with Crippen LogP contribution < -0.4 is 10.1 Å². The summed E-state index contributed by atoms with van der Waals surface area (Å²) >= 11 is 5.83. The minimum absolute atomic E-state index is 0.00333. The van der Waals surface area contributed by atoms with Crippen LogP contribution in [0, 0.1) is 0 Å². The van der Waals surface area contributed by atoms with E-state index in [4.69, 9.17) is 20.8 Å². The number of aromatic nitrogens is 1. The number of nitrogens with one attached hydrogen (secondary N) is 1. The molecule has 0 saturated carbocycles. The number of benzene rings is 1. The van der Waals surface area contributed by atoms with Crippen LogP contribution in [-0.2, 0) is 11.3 Å². The molecule has 1 heterocycles. The Labute approximate surface area is 163 Å². The summed E-state index contributed by atoms with van der Waals surface area (Å²) in [5.41, 5.74) is 0.187. The summed E-state index contributed by atoms with van der Waals surface area (Å²) in [5, 5.41) is 3.34. The van der Waals surface area contributed by atoms with Crippen LogP contribution in [0.25, 0.3) is 0 Å². The standard InChI is InChI=1S/C19H24ClN3O4/c1-12(2)21-19(25)16-10-27-17(22-16)9-23(13(3)4)18(24)11-26-15-7-5-14(20)6-8-15/h5-8,10,12-13H,9,11H2,1-4H3,(H,21,25). The number of carbonyl (C=O) groups is 2. The summed E-state index contributed by atoms with van der Waals surface area (Å²) < 4.78 is 10.9. The molecule has 1 aromatic heterocycles. The second kappa shape index (κ2) is 9.41. The first-order chi connectivity index (χ1) is 12.8. The predicted molar refractivity (Wildman–Crippen MR) is 102 cm³/mol. The maximum Gasteiger partial charge on any atom is 0.273 e. The van der Waals surface area contributed by atoms with E-state index in [1.54, 1.807) is 29.2 Å². The summed E-state index contributed by atoms with van der Waals surface area (Å²) in [4.78, 5) is 30.2. The average Bonchev–Trinajstić information content (AvgIpc) is 3.07. The van der Waals surface area contributed by atoms with E-state index >= 15 is 0 Å². The number of oxazole rings is 1. The van der Waals surface area contributed by atoms with Gasteiger partial charge in [-0.25, -0.2) is 4.98 Å². The monoisotopic (exact) mass is 393 g/mol. The predicted octanol–water partition coefficient (Wildman–Crippen LogP) is 3.28. The molecule has 0 aliphatic carbocycles. The molecule has 0 atom stereocenters. The summed E-state index contributed by atoms with van der Waals surface area (Å²) in [6, 6.07) is 6.69. The zero-order valence-corrected chi connectivity index (χ0v) is 16.6. The Bertz CT molecular complexity index is 772. The second-order valence-electron chi connectivity index (χ2n) is 6.61. The van der Waals surface area contributed by atoms with Crippen LogP contribution in [0.5, 0.6) is 5.75 Å². The van der Waals surface area contributed by atoms with E-state index in [2.05, 4.69) is 10.3 Å². The highest BCUT2D eigenvalue weighted by Crippen LogP contribution is 2.16. The van der Waals surface area contributed by atoms with Gasteiger partial charge in [0.25, 0.3) is 11.8 Å². The van der Waals surface area contributed by atoms with E-state index in [0.717, 1.165) is 0 Å². The number of ether oxygens (including phenoxy) is 1. The van der Waals surface area contributed by atoms with Crippen molar-refractivity contribution in [2.75, 3.05) is 6.61 Å². The first kappa shape index (κ1) is 20.8. The van der Waals surface area contributed by atoms with Gasteiger partial charge < -0.3 is 19.4 Å². The van der Waals surface area contributed by atoms with Crippen LogP contribution in [0.3, 0.4) is 0 Å². The third-order valence-corrected chi connectivity index (χ3v) is 3.88. The Morgan fingerprint density at radius 1 is 1.22 bits per heavy atom. The lowest BCUT2D eigenvalue weighted by atomic mass is 10.3. The van der Waals surface area contributed by atoms with Crippen LogP contribution in [-0.4, -0.2) is 40.4 Å². The molecule has 1 N–H and O–H groups in total. The van der Waals surface area contributed by atoms with Crippen molar-refractivity contribution in [3.05, 3.63) is 47.1 Å². The van der Waals surface area contributed by atoms with E-state index in [1.807, 2.05) is 27.7 Å². The third-order valence-electron chi connectivity index (χ3n) is 3.63. The summed E-state index contributed by atoms with van der Waals surface area (Å²) in [7, 11) is 0. The fraction of sp³-hybridized carbons (Fsp3) is 0.421. The van der Waals surface area contributed by atoms with Crippen molar-refractivity contribution in [3.63, 3.8) is 0 Å². The van der Waals surface area contributed by atoms with Gasteiger partial charge in [-0.2, -0.15) is 0 Å². The van der Waals surface area contributed by atoms with Crippen molar-refractivity contribution in [3.8, 4) is 5.75 Å². The Hall–Kier alpha value is -2.54. The zero-order chi connectivity index (χ0) is 20.0. The average molecular weight is 394 g/mol. The molecule has 7 nitrogen and oxygen atoms in total. The van der Waals surface area contributed by atoms with Crippen LogP contribution in [0.4, 0.5) is 0 Å². The zero-order valence-electron chi connectivity index (χ0n) is 15.9. The van der Waals surface area contributed by atoms with Gasteiger partial charge in [-0.3, -0.25) is 9.59 Å². The van der Waals surface area contributed by atoms with Gasteiger partial charge in [-0.15, -0.1) is 0 Å². The van der Waals surface area contributed by atoms with E-state index in [1.165, 1.54) is 6.26 Å². The molecular formula is C19H24ClN3O4. The molecule has 2 aromatic rings. The molecule has 0 fully saturated rings. The van der Waals surface area contributed by atoms with Crippen molar-refractivity contribution >= 4 is 23.4 Å². The largest absolute Gasteiger partial charge is 0.484 e. The molecule has 2 rings (SSSR count). The van der Waals surface area contributed by atoms with Gasteiger partial charge >= 0.3 is 0 Å². The van der Waals surface area contributed by atoms with Crippen molar-refractivity contribution in [2.45, 2.75) is 46.3 Å². The number of nitrogens with zero attached hydrogens (tertiary/aromatic N) is 2. The number of halogens is 1. The number of hydrogen-bond donors (Lipinski definition) is 1. The highest BCUT2D eigenvalue weighted by Gasteiger charge is 2.21. The molecule has 0 radical (unpaired) electrons. The lowest BCUT2D eigenvalue weighted by Crippen LogP contribution is -2.39. The molecule has 0 saturated heterocycles. The maximum absolute atomic E-state index is 12.5. The van der Waals surface area contributed by atoms with Gasteiger partial charge in [0.1, 0.15) is 12.0 Å². The Morgan fingerprint density at radius 3 is 2.48 bits per heavy atom. The summed E-state index contributed by atoms with van der Waals surface area (Å²) in [5.74, 6) is 0.317. The fourth-order valence-corrected chi connectivity index (χ4v) is 2.41. The van der Waals surface area contributed by atoms with Crippen molar-refractivity contribution in [1.29, 1.82) is 0 Å². The topological polar surface area (TPSA) is 84.7 Å². The third kappa shape index (κ3) is 6.29. The molecule has 0 aliphatic rings. The number of amides is 2. The van der Waals surface area contributed by atoms with Crippen molar-refractivity contribution in [1.82, 2.24) is 15.2 Å². The number of rotatable bonds is 8. The van der Waals surface area contributed by atoms with E-state index in [-0.39, 0.29) is 48.6 Å². The van der Waals surface area contributed by atoms with Gasteiger partial charge in [0.2, 0.25) is 5.89 Å². The fourth-order valence-electron chi connectivity index (χ4n) is 2.29. The molecule has 146 valence electrons. The van der Waals surface area contributed by atoms with Gasteiger partial charge in [0.15, 0.2) is 12.3 Å². The molecule has 8 heteroatoms. The minimum Gasteiger partial charge on any atom is -0.484 e. The van der Waals surface area contributed by atoms with E-state index in [0.29, 0.717) is 10.8 Å². The quantitative estimate of drug-likeness (QED) is 0.743. The van der Waals surface area contributed by atoms with Crippen molar-refractivity contribution in [2.24, 2.45) is 0 Å². The van der Waals surface area contributed by atoms with Gasteiger partial charge in [-0.05, 0) is 52.0 Å². The Balaban J connectivity index is 1.98. The van der Waals surface area contributed by atoms with E-state index < -0.39 is 0 Å². The highest BCUT2D eigenvalue weighted by molar-refractivity contribution is 6.30. The molecule has 27 heavy (non-hydrogen) atoms. The highest BCUT2D eigenvalue weighted by atomic mass is 35.5. The van der Waals surface area contributed by atoms with Crippen LogP contribution >= 0.6 is 11.6 Å². The van der Waals surface area contributed by atoms with Gasteiger partial charge in [0, 0.05) is 17.1 Å². The molecule has 1 aromatic carbocycles. The molecule has 0 spiro atoms. The lowest BCUT2D eigenvalue weighted by molar-refractivity contribution is -0.136. The van der Waals surface area contributed by atoms with E-state index in [9.17, 15) is 9.59 Å². The minimum atomic E-state index is -0.312. The van der Waals surface area contributed by atoms with Gasteiger partial charge in [-0.1, -0.05) is 11.6 Å². The number of hydrogen-bond acceptors (Lipinski definition) is 5.